The number of likely N-dealkylation sites (N-methyl/N-ethyl adjacent to an activating group) is 1. The third kappa shape index (κ3) is 3.97. The zero-order chi connectivity index (χ0) is 14.4. The second kappa shape index (κ2) is 6.92. The largest absolute Gasteiger partial charge is 0.384 e. The topological polar surface area (TPSA) is 59.4 Å². The van der Waals surface area contributed by atoms with Gasteiger partial charge in [-0.3, -0.25) is 4.79 Å². The van der Waals surface area contributed by atoms with Crippen LogP contribution in [0.4, 0.5) is 5.69 Å². The van der Waals surface area contributed by atoms with Gasteiger partial charge in [-0.15, -0.1) is 0 Å². The van der Waals surface area contributed by atoms with Crippen LogP contribution in [-0.4, -0.2) is 55.5 Å². The van der Waals surface area contributed by atoms with Gasteiger partial charge in [0.25, 0.3) is 0 Å². The molecule has 1 aliphatic rings. The number of nitrogens with one attached hydrogen (secondary N) is 1. The van der Waals surface area contributed by atoms with E-state index in [1.807, 2.05) is 17.0 Å². The van der Waals surface area contributed by atoms with Crippen molar-refractivity contribution < 1.29 is 4.79 Å². The molecule has 0 bridgehead atoms. The quantitative estimate of drug-likeness (QED) is 0.893. The third-order valence-electron chi connectivity index (χ3n) is 3.52. The van der Waals surface area contributed by atoms with E-state index in [1.165, 1.54) is 0 Å². The Morgan fingerprint density at radius 3 is 2.80 bits per heavy atom. The molecule has 1 aromatic rings. The number of carbonyl (C=O) groups is 1. The summed E-state index contributed by atoms with van der Waals surface area (Å²) in [6.07, 6.45) is 0.487. The van der Waals surface area contributed by atoms with Gasteiger partial charge in [-0.1, -0.05) is 6.07 Å². The van der Waals surface area contributed by atoms with Crippen LogP contribution in [-0.2, 0) is 4.79 Å². The average Bonchev–Trinajstić information content (AvgIpc) is 2.48. The Bertz CT molecular complexity index is 501. The minimum absolute atomic E-state index is 0.196. The van der Waals surface area contributed by atoms with Crippen LogP contribution in [0, 0.1) is 11.3 Å². The summed E-state index contributed by atoms with van der Waals surface area (Å²) in [5.41, 5.74) is 1.51. The molecule has 20 heavy (non-hydrogen) atoms. The number of hydrogen-bond acceptors (Lipinski definition) is 4. The molecule has 0 spiro atoms. The Morgan fingerprint density at radius 2 is 2.10 bits per heavy atom. The van der Waals surface area contributed by atoms with Crippen LogP contribution in [0.1, 0.15) is 12.0 Å². The number of nitrogens with zero attached hydrogens (tertiary/aromatic N) is 3. The van der Waals surface area contributed by atoms with Crippen molar-refractivity contribution in [1.82, 2.24) is 9.80 Å². The van der Waals surface area contributed by atoms with Gasteiger partial charge in [0, 0.05) is 44.8 Å². The fraction of sp³-hybridized carbons (Fsp3) is 0.467. The van der Waals surface area contributed by atoms with Gasteiger partial charge in [-0.2, -0.15) is 5.26 Å². The monoisotopic (exact) mass is 272 g/mol. The Labute approximate surface area is 119 Å². The lowest BCUT2D eigenvalue weighted by molar-refractivity contribution is -0.132. The first-order chi connectivity index (χ1) is 9.69. The van der Waals surface area contributed by atoms with Crippen molar-refractivity contribution in [2.45, 2.75) is 6.42 Å². The van der Waals surface area contributed by atoms with E-state index in [0.717, 1.165) is 31.9 Å². The van der Waals surface area contributed by atoms with Gasteiger partial charge in [-0.25, -0.2) is 0 Å². The van der Waals surface area contributed by atoms with Crippen molar-refractivity contribution in [2.24, 2.45) is 0 Å². The van der Waals surface area contributed by atoms with E-state index in [2.05, 4.69) is 23.3 Å². The van der Waals surface area contributed by atoms with E-state index in [-0.39, 0.29) is 5.91 Å². The maximum Gasteiger partial charge on any atom is 0.224 e. The van der Waals surface area contributed by atoms with Crippen molar-refractivity contribution in [3.63, 3.8) is 0 Å². The molecule has 0 saturated carbocycles. The SMILES string of the molecule is CN1CCN(C(=O)CCNc2cccc(C#N)c2)CC1. The highest BCUT2D eigenvalue weighted by atomic mass is 16.2. The molecule has 5 nitrogen and oxygen atoms in total. The van der Waals surface area contributed by atoms with E-state index in [4.69, 9.17) is 5.26 Å². The lowest BCUT2D eigenvalue weighted by atomic mass is 10.2. The predicted octanol–water partition coefficient (Wildman–Crippen LogP) is 1.13. The predicted molar refractivity (Wildman–Crippen MR) is 78.3 cm³/mol. The summed E-state index contributed by atoms with van der Waals surface area (Å²) in [7, 11) is 2.07. The van der Waals surface area contributed by atoms with Crippen molar-refractivity contribution in [3.05, 3.63) is 29.8 Å². The highest BCUT2D eigenvalue weighted by Gasteiger charge is 2.18. The average molecular weight is 272 g/mol. The van der Waals surface area contributed by atoms with Gasteiger partial charge in [0.05, 0.1) is 11.6 Å². The molecule has 1 aromatic carbocycles. The zero-order valence-corrected chi connectivity index (χ0v) is 11.8. The first-order valence-electron chi connectivity index (χ1n) is 6.89. The number of rotatable bonds is 4. The Balaban J connectivity index is 1.75. The molecule has 1 aliphatic heterocycles. The fourth-order valence-electron chi connectivity index (χ4n) is 2.23. The number of amides is 1. The van der Waals surface area contributed by atoms with Crippen molar-refractivity contribution in [1.29, 1.82) is 5.26 Å². The highest BCUT2D eigenvalue weighted by molar-refractivity contribution is 5.76. The summed E-state index contributed by atoms with van der Waals surface area (Å²) in [4.78, 5) is 16.2. The highest BCUT2D eigenvalue weighted by Crippen LogP contribution is 2.10. The maximum absolute atomic E-state index is 12.0. The van der Waals surface area contributed by atoms with Gasteiger partial charge in [-0.05, 0) is 25.2 Å². The summed E-state index contributed by atoms with van der Waals surface area (Å²) >= 11 is 0. The Hall–Kier alpha value is -2.06. The number of benzene rings is 1. The van der Waals surface area contributed by atoms with E-state index in [1.54, 1.807) is 12.1 Å². The third-order valence-corrected chi connectivity index (χ3v) is 3.52. The van der Waals surface area contributed by atoms with E-state index < -0.39 is 0 Å². The maximum atomic E-state index is 12.0. The Morgan fingerprint density at radius 1 is 1.35 bits per heavy atom. The van der Waals surface area contributed by atoms with Crippen LogP contribution >= 0.6 is 0 Å². The molecule has 1 heterocycles. The lowest BCUT2D eigenvalue weighted by Gasteiger charge is -2.32. The second-order valence-corrected chi connectivity index (χ2v) is 5.05. The summed E-state index contributed by atoms with van der Waals surface area (Å²) in [6, 6.07) is 9.40. The minimum atomic E-state index is 0.196. The fourth-order valence-corrected chi connectivity index (χ4v) is 2.23. The van der Waals surface area contributed by atoms with Crippen LogP contribution in [0.3, 0.4) is 0 Å². The zero-order valence-electron chi connectivity index (χ0n) is 11.8. The molecule has 0 unspecified atom stereocenters. The number of nitriles is 1. The molecule has 5 heteroatoms. The van der Waals surface area contributed by atoms with Gasteiger partial charge in [0.1, 0.15) is 0 Å². The standard InChI is InChI=1S/C15H20N4O/c1-18-7-9-19(10-8-18)15(20)5-6-17-14-4-2-3-13(11-14)12-16/h2-4,11,17H,5-10H2,1H3. The molecule has 1 fully saturated rings. The molecule has 2 rings (SSSR count). The van der Waals surface area contributed by atoms with Crippen molar-refractivity contribution in [2.75, 3.05) is 45.1 Å². The molecule has 1 N–H and O–H groups in total. The van der Waals surface area contributed by atoms with Crippen molar-refractivity contribution >= 4 is 11.6 Å². The minimum Gasteiger partial charge on any atom is -0.384 e. The first kappa shape index (κ1) is 14.4. The Kier molecular flexibility index (Phi) is 4.97. The van der Waals surface area contributed by atoms with Crippen LogP contribution in [0.2, 0.25) is 0 Å². The van der Waals surface area contributed by atoms with Crippen LogP contribution < -0.4 is 5.32 Å². The van der Waals surface area contributed by atoms with E-state index in [9.17, 15) is 4.79 Å². The molecular formula is C15H20N4O. The number of carbonyl (C=O) groups excluding carboxylic acids is 1. The van der Waals surface area contributed by atoms with Crippen LogP contribution in [0.15, 0.2) is 24.3 Å². The molecular weight excluding hydrogens is 252 g/mol. The van der Waals surface area contributed by atoms with Gasteiger partial charge >= 0.3 is 0 Å². The first-order valence-corrected chi connectivity index (χ1v) is 6.89. The normalized spacial score (nSPS) is 15.7. The van der Waals surface area contributed by atoms with Gasteiger partial charge in [0.15, 0.2) is 0 Å². The number of anilines is 1. The molecule has 106 valence electrons. The number of piperazine rings is 1. The summed E-state index contributed by atoms with van der Waals surface area (Å²) in [5.74, 6) is 0.196. The van der Waals surface area contributed by atoms with Crippen LogP contribution in [0.5, 0.6) is 0 Å². The molecule has 1 amide bonds. The summed E-state index contributed by atoms with van der Waals surface area (Å²) < 4.78 is 0. The van der Waals surface area contributed by atoms with E-state index in [0.29, 0.717) is 18.5 Å². The van der Waals surface area contributed by atoms with Gasteiger partial charge < -0.3 is 15.1 Å². The number of hydrogen-bond donors (Lipinski definition) is 1. The summed E-state index contributed by atoms with van der Waals surface area (Å²) in [6.45, 7) is 4.13. The van der Waals surface area contributed by atoms with E-state index >= 15 is 0 Å². The second-order valence-electron chi connectivity index (χ2n) is 5.05. The molecule has 0 aliphatic carbocycles. The van der Waals surface area contributed by atoms with Crippen molar-refractivity contribution in [3.8, 4) is 6.07 Å². The summed E-state index contributed by atoms with van der Waals surface area (Å²) in [5, 5.41) is 12.0. The molecule has 0 radical (unpaired) electrons. The smallest absolute Gasteiger partial charge is 0.224 e. The molecule has 0 aromatic heterocycles. The lowest BCUT2D eigenvalue weighted by Crippen LogP contribution is -2.47. The van der Waals surface area contributed by atoms with Crippen LogP contribution in [0.25, 0.3) is 0 Å². The molecule has 1 saturated heterocycles. The molecule has 0 atom stereocenters. The van der Waals surface area contributed by atoms with Gasteiger partial charge in [0.2, 0.25) is 5.91 Å².